The van der Waals surface area contributed by atoms with E-state index in [-0.39, 0.29) is 11.4 Å². The van der Waals surface area contributed by atoms with E-state index >= 15 is 0 Å². The minimum Gasteiger partial charge on any atom is -0.507 e. The zero-order chi connectivity index (χ0) is 16.4. The van der Waals surface area contributed by atoms with Crippen LogP contribution in [-0.2, 0) is 6.18 Å². The molecule has 0 aromatic heterocycles. The summed E-state index contributed by atoms with van der Waals surface area (Å²) in [4.78, 5) is 0. The van der Waals surface area contributed by atoms with Gasteiger partial charge in [0, 0.05) is 10.8 Å². The molecule has 1 N–H and O–H groups in total. The lowest BCUT2D eigenvalue weighted by Crippen LogP contribution is -2.03. The van der Waals surface area contributed by atoms with Crippen LogP contribution in [0, 0.1) is 0 Å². The van der Waals surface area contributed by atoms with Gasteiger partial charge in [0.2, 0.25) is 0 Å². The van der Waals surface area contributed by atoms with Crippen molar-refractivity contribution in [1.29, 1.82) is 0 Å². The highest BCUT2D eigenvalue weighted by molar-refractivity contribution is 5.96. The summed E-state index contributed by atoms with van der Waals surface area (Å²) in [7, 11) is 0. The fraction of sp³-hybridized carbons (Fsp3) is 0.0588. The first-order valence-electron chi connectivity index (χ1n) is 6.75. The molecule has 0 heterocycles. The van der Waals surface area contributed by atoms with E-state index in [1.165, 1.54) is 18.2 Å². The minimum absolute atomic E-state index is 0.108. The molecule has 0 saturated carbocycles. The van der Waals surface area contributed by atoms with Crippen molar-refractivity contribution in [3.8, 4) is 5.75 Å². The number of phenols is 1. The lowest BCUT2D eigenvalue weighted by atomic mass is 10.1. The van der Waals surface area contributed by atoms with Gasteiger partial charge in [-0.1, -0.05) is 30.3 Å². The normalized spacial score (nSPS) is 12.1. The molecule has 3 rings (SSSR count). The summed E-state index contributed by atoms with van der Waals surface area (Å²) in [6.07, 6.45) is -4.42. The molecule has 0 aliphatic heterocycles. The predicted molar refractivity (Wildman–Crippen MR) is 81.2 cm³/mol. The Labute approximate surface area is 129 Å². The molecule has 116 valence electrons. The minimum atomic E-state index is -4.42. The van der Waals surface area contributed by atoms with E-state index in [1.54, 1.807) is 30.3 Å². The summed E-state index contributed by atoms with van der Waals surface area (Å²) < 4.78 is 38.1. The third kappa shape index (κ3) is 3.15. The van der Waals surface area contributed by atoms with Crippen molar-refractivity contribution in [2.75, 3.05) is 0 Å². The monoisotopic (exact) mass is 316 g/mol. The predicted octanol–water partition coefficient (Wildman–Crippen LogP) is 5.98. The summed E-state index contributed by atoms with van der Waals surface area (Å²) in [6.45, 7) is 0. The summed E-state index contributed by atoms with van der Waals surface area (Å²) in [5.41, 5.74) is -0.197. The number of nitrogens with zero attached hydrogens (tertiary/aromatic N) is 2. The first-order valence-corrected chi connectivity index (χ1v) is 6.75. The SMILES string of the molecule is Oc1ccc(N=Nc2cccc(C(F)(F)F)c2)c2ccccc12. The zero-order valence-electron chi connectivity index (χ0n) is 11.7. The van der Waals surface area contributed by atoms with Crippen molar-refractivity contribution < 1.29 is 18.3 Å². The number of azo groups is 1. The Kier molecular flexibility index (Phi) is 3.73. The topological polar surface area (TPSA) is 45.0 Å². The van der Waals surface area contributed by atoms with E-state index in [9.17, 15) is 18.3 Å². The number of benzene rings is 3. The second-order valence-corrected chi connectivity index (χ2v) is 4.90. The van der Waals surface area contributed by atoms with Crippen LogP contribution < -0.4 is 0 Å². The van der Waals surface area contributed by atoms with E-state index in [2.05, 4.69) is 10.2 Å². The van der Waals surface area contributed by atoms with Gasteiger partial charge in [0.05, 0.1) is 16.9 Å². The van der Waals surface area contributed by atoms with E-state index < -0.39 is 11.7 Å². The molecule has 0 radical (unpaired) electrons. The van der Waals surface area contributed by atoms with Crippen molar-refractivity contribution >= 4 is 22.1 Å². The molecule has 0 bridgehead atoms. The van der Waals surface area contributed by atoms with Crippen LogP contribution in [-0.4, -0.2) is 5.11 Å². The molecule has 0 atom stereocenters. The van der Waals surface area contributed by atoms with Crippen molar-refractivity contribution in [2.45, 2.75) is 6.18 Å². The molecular weight excluding hydrogens is 305 g/mol. The fourth-order valence-electron chi connectivity index (χ4n) is 2.21. The Morgan fingerprint density at radius 3 is 2.26 bits per heavy atom. The summed E-state index contributed by atoms with van der Waals surface area (Å²) in [5, 5.41) is 19.0. The number of alkyl halides is 3. The van der Waals surface area contributed by atoms with Gasteiger partial charge in [0.15, 0.2) is 0 Å². The summed E-state index contributed by atoms with van der Waals surface area (Å²) >= 11 is 0. The number of fused-ring (bicyclic) bond motifs is 1. The molecule has 0 aliphatic rings. The maximum Gasteiger partial charge on any atom is 0.416 e. The molecule has 0 amide bonds. The Morgan fingerprint density at radius 2 is 1.52 bits per heavy atom. The van der Waals surface area contributed by atoms with Crippen molar-refractivity contribution in [1.82, 2.24) is 0 Å². The van der Waals surface area contributed by atoms with Crippen LogP contribution >= 0.6 is 0 Å². The van der Waals surface area contributed by atoms with Gasteiger partial charge in [0.25, 0.3) is 0 Å². The van der Waals surface area contributed by atoms with Gasteiger partial charge in [-0.15, -0.1) is 5.11 Å². The van der Waals surface area contributed by atoms with Crippen molar-refractivity contribution in [2.24, 2.45) is 10.2 Å². The number of hydrogen-bond donors (Lipinski definition) is 1. The van der Waals surface area contributed by atoms with E-state index in [4.69, 9.17) is 0 Å². The van der Waals surface area contributed by atoms with Gasteiger partial charge < -0.3 is 5.11 Å². The number of hydrogen-bond acceptors (Lipinski definition) is 3. The molecule has 0 saturated heterocycles. The lowest BCUT2D eigenvalue weighted by Gasteiger charge is -2.06. The van der Waals surface area contributed by atoms with Crippen LogP contribution in [0.4, 0.5) is 24.5 Å². The average molecular weight is 316 g/mol. The first-order chi connectivity index (χ1) is 10.9. The second-order valence-electron chi connectivity index (χ2n) is 4.90. The van der Waals surface area contributed by atoms with Crippen LogP contribution in [0.5, 0.6) is 5.75 Å². The van der Waals surface area contributed by atoms with Gasteiger partial charge in [-0.25, -0.2) is 0 Å². The third-order valence-corrected chi connectivity index (χ3v) is 3.32. The molecule has 3 aromatic rings. The highest BCUT2D eigenvalue weighted by Gasteiger charge is 2.30. The molecule has 3 nitrogen and oxygen atoms in total. The number of rotatable bonds is 2. The average Bonchev–Trinajstić information content (AvgIpc) is 2.54. The molecule has 3 aromatic carbocycles. The second kappa shape index (κ2) is 5.72. The Hall–Kier alpha value is -2.89. The summed E-state index contributed by atoms with van der Waals surface area (Å²) in [5.74, 6) is 0.110. The van der Waals surface area contributed by atoms with E-state index in [0.717, 1.165) is 12.1 Å². The van der Waals surface area contributed by atoms with Crippen LogP contribution in [0.15, 0.2) is 70.9 Å². The maximum atomic E-state index is 12.7. The third-order valence-electron chi connectivity index (χ3n) is 3.32. The standard InChI is InChI=1S/C17H11F3N2O/c18-17(19,20)11-4-3-5-12(10-11)21-22-15-8-9-16(23)14-7-2-1-6-13(14)15/h1-10,23H. The van der Waals surface area contributed by atoms with Crippen molar-refractivity contribution in [3.05, 3.63) is 66.2 Å². The van der Waals surface area contributed by atoms with Gasteiger partial charge >= 0.3 is 6.18 Å². The molecule has 0 unspecified atom stereocenters. The maximum absolute atomic E-state index is 12.7. The highest BCUT2D eigenvalue weighted by atomic mass is 19.4. The zero-order valence-corrected chi connectivity index (χ0v) is 11.7. The molecule has 0 fully saturated rings. The largest absolute Gasteiger partial charge is 0.507 e. The van der Waals surface area contributed by atoms with Crippen LogP contribution in [0.1, 0.15) is 5.56 Å². The van der Waals surface area contributed by atoms with E-state index in [0.29, 0.717) is 16.5 Å². The smallest absolute Gasteiger partial charge is 0.416 e. The number of halogens is 3. The Balaban J connectivity index is 2.00. The lowest BCUT2D eigenvalue weighted by molar-refractivity contribution is -0.137. The van der Waals surface area contributed by atoms with Gasteiger partial charge in [0.1, 0.15) is 5.75 Å². The Morgan fingerprint density at radius 1 is 0.783 bits per heavy atom. The first kappa shape index (κ1) is 15.0. The van der Waals surface area contributed by atoms with Crippen LogP contribution in [0.3, 0.4) is 0 Å². The van der Waals surface area contributed by atoms with Crippen LogP contribution in [0.2, 0.25) is 0 Å². The van der Waals surface area contributed by atoms with Crippen molar-refractivity contribution in [3.63, 3.8) is 0 Å². The van der Waals surface area contributed by atoms with Crippen LogP contribution in [0.25, 0.3) is 10.8 Å². The molecular formula is C17H11F3N2O. The van der Waals surface area contributed by atoms with E-state index in [1.807, 2.05) is 0 Å². The summed E-state index contributed by atoms with van der Waals surface area (Å²) in [6, 6.07) is 14.7. The molecule has 6 heteroatoms. The van der Waals surface area contributed by atoms with Gasteiger partial charge in [-0.2, -0.15) is 18.3 Å². The quantitative estimate of drug-likeness (QED) is 0.581. The fourth-order valence-corrected chi connectivity index (χ4v) is 2.21. The highest BCUT2D eigenvalue weighted by Crippen LogP contribution is 2.34. The molecule has 23 heavy (non-hydrogen) atoms. The number of aromatic hydroxyl groups is 1. The Bertz CT molecular complexity index is 888. The van der Waals surface area contributed by atoms with Gasteiger partial charge in [-0.3, -0.25) is 0 Å². The molecule has 0 aliphatic carbocycles. The van der Waals surface area contributed by atoms with Gasteiger partial charge in [-0.05, 0) is 30.3 Å². The number of phenolic OH excluding ortho intramolecular Hbond substituents is 1. The molecule has 0 spiro atoms.